The van der Waals surface area contributed by atoms with Crippen LogP contribution in [-0.2, 0) is 4.79 Å². The fraction of sp³-hybridized carbons (Fsp3) is 0.444. The van der Waals surface area contributed by atoms with E-state index < -0.39 is 5.97 Å². The van der Waals surface area contributed by atoms with E-state index in [1.807, 2.05) is 6.92 Å². The molecular weight excluding hydrogens is 278 g/mol. The molecule has 1 aromatic rings. The molecule has 22 heavy (non-hydrogen) atoms. The molecule has 0 radical (unpaired) electrons. The highest BCUT2D eigenvalue weighted by Gasteiger charge is 2.63. The Morgan fingerprint density at radius 3 is 2.59 bits per heavy atom. The normalized spacial score (nSPS) is 30.8. The van der Waals surface area contributed by atoms with Gasteiger partial charge in [0.1, 0.15) is 0 Å². The van der Waals surface area contributed by atoms with Crippen molar-refractivity contribution in [3.8, 4) is 0 Å². The lowest BCUT2D eigenvalue weighted by molar-refractivity contribution is -0.254. The molecule has 0 spiro atoms. The molecule has 0 aliphatic heterocycles. The molecule has 116 valence electrons. The highest BCUT2D eigenvalue weighted by molar-refractivity contribution is 6.05. The standard InChI is InChI=1S/C18H21NO3/c1-17(2)13-8-9-18(17,3)15(20)12(13)10-19-14-7-5-4-6-11(14)16(21)22/h4-7,10,13,19H,8-9H2,1-3H3,(H,21,22)/p-1/t13-,18+/m0/s1. The number of carboxylic acid groups (broad SMARTS) is 1. The highest BCUT2D eigenvalue weighted by Crippen LogP contribution is 2.65. The molecule has 4 heteroatoms. The minimum atomic E-state index is -1.23. The van der Waals surface area contributed by atoms with Gasteiger partial charge in [-0.15, -0.1) is 0 Å². The van der Waals surface area contributed by atoms with E-state index in [1.54, 1.807) is 24.4 Å². The minimum Gasteiger partial charge on any atom is -0.545 e. The Bertz CT molecular complexity index is 689. The topological polar surface area (TPSA) is 69.2 Å². The number of nitrogens with one attached hydrogen (secondary N) is 1. The third-order valence-corrected chi connectivity index (χ3v) is 5.90. The molecule has 2 aliphatic carbocycles. The van der Waals surface area contributed by atoms with Gasteiger partial charge in [-0.05, 0) is 30.2 Å². The van der Waals surface area contributed by atoms with Gasteiger partial charge in [0.25, 0.3) is 0 Å². The Kier molecular flexibility index (Phi) is 3.17. The molecule has 2 aliphatic rings. The summed E-state index contributed by atoms with van der Waals surface area (Å²) < 4.78 is 0. The Balaban J connectivity index is 1.93. The largest absolute Gasteiger partial charge is 0.545 e. The van der Waals surface area contributed by atoms with Crippen LogP contribution in [0.2, 0.25) is 0 Å². The quantitative estimate of drug-likeness (QED) is 0.870. The fourth-order valence-electron chi connectivity index (χ4n) is 4.04. The molecule has 4 nitrogen and oxygen atoms in total. The third kappa shape index (κ3) is 1.83. The van der Waals surface area contributed by atoms with Crippen LogP contribution in [0.25, 0.3) is 0 Å². The van der Waals surface area contributed by atoms with Gasteiger partial charge in [-0.3, -0.25) is 4.79 Å². The van der Waals surface area contributed by atoms with E-state index in [4.69, 9.17) is 0 Å². The maximum absolute atomic E-state index is 12.7. The van der Waals surface area contributed by atoms with Crippen molar-refractivity contribution in [1.82, 2.24) is 0 Å². The first kappa shape index (κ1) is 14.8. The van der Waals surface area contributed by atoms with Crippen LogP contribution < -0.4 is 10.4 Å². The molecule has 1 N–H and O–H groups in total. The predicted molar refractivity (Wildman–Crippen MR) is 82.1 cm³/mol. The second-order valence-electron chi connectivity index (χ2n) is 7.05. The van der Waals surface area contributed by atoms with Gasteiger partial charge in [0.2, 0.25) is 0 Å². The van der Waals surface area contributed by atoms with Crippen LogP contribution in [0, 0.1) is 16.7 Å². The zero-order chi connectivity index (χ0) is 16.1. The van der Waals surface area contributed by atoms with Gasteiger partial charge in [-0.2, -0.15) is 0 Å². The lowest BCUT2D eigenvalue weighted by Gasteiger charge is -2.31. The van der Waals surface area contributed by atoms with Crippen molar-refractivity contribution in [3.05, 3.63) is 41.6 Å². The number of aromatic carboxylic acids is 1. The lowest BCUT2D eigenvalue weighted by Crippen LogP contribution is -2.32. The van der Waals surface area contributed by atoms with E-state index in [-0.39, 0.29) is 28.1 Å². The van der Waals surface area contributed by atoms with Crippen LogP contribution in [0.15, 0.2) is 36.0 Å². The molecule has 2 atom stereocenters. The van der Waals surface area contributed by atoms with Gasteiger partial charge in [0.05, 0.1) is 5.97 Å². The molecule has 0 heterocycles. The summed E-state index contributed by atoms with van der Waals surface area (Å²) in [4.78, 5) is 23.8. The number of anilines is 1. The third-order valence-electron chi connectivity index (χ3n) is 5.90. The number of ketones is 1. The number of hydrogen-bond acceptors (Lipinski definition) is 4. The average molecular weight is 298 g/mol. The first-order valence-corrected chi connectivity index (χ1v) is 7.61. The van der Waals surface area contributed by atoms with Crippen molar-refractivity contribution in [1.29, 1.82) is 0 Å². The average Bonchev–Trinajstić information content (AvgIpc) is 2.78. The van der Waals surface area contributed by atoms with E-state index >= 15 is 0 Å². The summed E-state index contributed by atoms with van der Waals surface area (Å²) in [6, 6.07) is 6.56. The Morgan fingerprint density at radius 2 is 2.00 bits per heavy atom. The lowest BCUT2D eigenvalue weighted by atomic mass is 9.70. The van der Waals surface area contributed by atoms with Crippen LogP contribution in [-0.4, -0.2) is 11.8 Å². The predicted octanol–water partition coefficient (Wildman–Crippen LogP) is 2.37. The molecule has 0 unspecified atom stereocenters. The number of carboxylic acids is 1. The number of para-hydroxylation sites is 1. The summed E-state index contributed by atoms with van der Waals surface area (Å²) in [6.45, 7) is 6.35. The van der Waals surface area contributed by atoms with Crippen molar-refractivity contribution < 1.29 is 14.7 Å². The fourth-order valence-corrected chi connectivity index (χ4v) is 4.04. The van der Waals surface area contributed by atoms with Crippen LogP contribution in [0.4, 0.5) is 5.69 Å². The van der Waals surface area contributed by atoms with E-state index in [2.05, 4.69) is 19.2 Å². The molecule has 2 saturated carbocycles. The number of rotatable bonds is 3. The van der Waals surface area contributed by atoms with E-state index in [9.17, 15) is 14.7 Å². The monoisotopic (exact) mass is 298 g/mol. The second kappa shape index (κ2) is 4.70. The number of Topliss-reactive ketones (excluding diaryl/α,β-unsaturated/α-hetero) is 1. The van der Waals surface area contributed by atoms with Gasteiger partial charge >= 0.3 is 0 Å². The summed E-state index contributed by atoms with van der Waals surface area (Å²) >= 11 is 0. The summed E-state index contributed by atoms with van der Waals surface area (Å²) in [5, 5.41) is 14.1. The SMILES string of the molecule is CC1(C)[C@H]2CC[C@]1(C)C(=O)C2=CNc1ccccc1C(=O)[O-]. The highest BCUT2D eigenvalue weighted by atomic mass is 16.4. The number of carbonyl (C=O) groups is 2. The van der Waals surface area contributed by atoms with Gasteiger partial charge in [0.15, 0.2) is 5.78 Å². The second-order valence-corrected chi connectivity index (χ2v) is 7.05. The summed E-state index contributed by atoms with van der Waals surface area (Å²) in [5.41, 5.74) is 0.978. The van der Waals surface area contributed by atoms with Gasteiger partial charge in [0, 0.05) is 28.4 Å². The minimum absolute atomic E-state index is 0.0501. The number of benzene rings is 1. The Hall–Kier alpha value is -2.10. The number of fused-ring (bicyclic) bond motifs is 2. The van der Waals surface area contributed by atoms with Crippen molar-refractivity contribution in [2.75, 3.05) is 5.32 Å². The van der Waals surface area contributed by atoms with Crippen molar-refractivity contribution >= 4 is 17.4 Å². The smallest absolute Gasteiger partial charge is 0.167 e. The van der Waals surface area contributed by atoms with E-state index in [0.717, 1.165) is 18.4 Å². The van der Waals surface area contributed by atoms with E-state index in [0.29, 0.717) is 5.69 Å². The maximum atomic E-state index is 12.7. The van der Waals surface area contributed by atoms with Gasteiger partial charge in [-0.25, -0.2) is 0 Å². The first-order chi connectivity index (χ1) is 10.3. The van der Waals surface area contributed by atoms with Crippen LogP contribution in [0.5, 0.6) is 0 Å². The van der Waals surface area contributed by atoms with Gasteiger partial charge < -0.3 is 15.2 Å². The zero-order valence-electron chi connectivity index (χ0n) is 13.1. The van der Waals surface area contributed by atoms with Crippen LogP contribution >= 0.6 is 0 Å². The molecule has 2 fully saturated rings. The molecule has 0 amide bonds. The number of carbonyl (C=O) groups excluding carboxylic acids is 2. The molecule has 0 aromatic heterocycles. The van der Waals surface area contributed by atoms with Gasteiger partial charge in [-0.1, -0.05) is 39.0 Å². The Morgan fingerprint density at radius 1 is 1.32 bits per heavy atom. The molecule has 3 rings (SSSR count). The maximum Gasteiger partial charge on any atom is 0.167 e. The van der Waals surface area contributed by atoms with Crippen LogP contribution in [0.1, 0.15) is 44.0 Å². The number of hydrogen-bond donors (Lipinski definition) is 1. The molecule has 1 aromatic carbocycles. The molecule has 2 bridgehead atoms. The van der Waals surface area contributed by atoms with Crippen molar-refractivity contribution in [2.45, 2.75) is 33.6 Å². The first-order valence-electron chi connectivity index (χ1n) is 7.61. The summed E-state index contributed by atoms with van der Waals surface area (Å²) in [5.74, 6) is -0.812. The Labute approximate surface area is 130 Å². The molecular formula is C18H20NO3-. The summed E-state index contributed by atoms with van der Waals surface area (Å²) in [7, 11) is 0. The number of allylic oxidation sites excluding steroid dienone is 1. The zero-order valence-corrected chi connectivity index (χ0v) is 13.1. The van der Waals surface area contributed by atoms with E-state index in [1.165, 1.54) is 6.07 Å². The van der Waals surface area contributed by atoms with Crippen molar-refractivity contribution in [2.24, 2.45) is 16.7 Å². The summed E-state index contributed by atoms with van der Waals surface area (Å²) in [6.07, 6.45) is 3.63. The molecule has 0 saturated heterocycles. The van der Waals surface area contributed by atoms with Crippen molar-refractivity contribution in [3.63, 3.8) is 0 Å². The van der Waals surface area contributed by atoms with Crippen LogP contribution in [0.3, 0.4) is 0 Å².